The smallest absolute Gasteiger partial charge is 0.220 e. The minimum absolute atomic E-state index is 0.0175. The number of nitrogens with one attached hydrogen (secondary N) is 1. The molecule has 2 rings (SSSR count). The highest BCUT2D eigenvalue weighted by atomic mass is 127. The minimum Gasteiger partial charge on any atom is -0.356 e. The van der Waals surface area contributed by atoms with E-state index in [1.54, 1.807) is 0 Å². The van der Waals surface area contributed by atoms with E-state index in [1.807, 2.05) is 24.3 Å². The third-order valence-corrected chi connectivity index (χ3v) is 5.54. The van der Waals surface area contributed by atoms with Crippen molar-refractivity contribution in [3.05, 3.63) is 57.7 Å². The standard InChI is InChI=1S/C24H30INO2/c1-2-3-4-5-6-7-18-26-24(28)17-16-23(27)21-10-8-19(9-11-21)20-12-14-22(25)15-13-20/h8-15H,2-7,16-18H2,1H3,(H,26,28). The average molecular weight is 491 g/mol. The van der Waals surface area contributed by atoms with Crippen molar-refractivity contribution in [2.75, 3.05) is 6.54 Å². The Morgan fingerprint density at radius 2 is 1.36 bits per heavy atom. The van der Waals surface area contributed by atoms with Crippen molar-refractivity contribution in [1.29, 1.82) is 0 Å². The summed E-state index contributed by atoms with van der Waals surface area (Å²) >= 11 is 2.28. The molecule has 28 heavy (non-hydrogen) atoms. The number of carbonyl (C=O) groups excluding carboxylic acids is 2. The van der Waals surface area contributed by atoms with E-state index in [-0.39, 0.29) is 24.5 Å². The molecule has 0 bridgehead atoms. The van der Waals surface area contributed by atoms with Crippen molar-refractivity contribution >= 4 is 34.3 Å². The van der Waals surface area contributed by atoms with Gasteiger partial charge < -0.3 is 5.32 Å². The second kappa shape index (κ2) is 12.7. The minimum atomic E-state index is -0.0302. The molecule has 1 N–H and O–H groups in total. The Balaban J connectivity index is 1.69. The van der Waals surface area contributed by atoms with E-state index >= 15 is 0 Å². The average Bonchev–Trinajstić information content (AvgIpc) is 2.72. The first-order valence-electron chi connectivity index (χ1n) is 10.3. The molecule has 0 fully saturated rings. The summed E-state index contributed by atoms with van der Waals surface area (Å²) in [5.74, 6) is -0.0127. The van der Waals surface area contributed by atoms with Crippen molar-refractivity contribution in [3.63, 3.8) is 0 Å². The van der Waals surface area contributed by atoms with E-state index < -0.39 is 0 Å². The van der Waals surface area contributed by atoms with Gasteiger partial charge in [-0.25, -0.2) is 0 Å². The molecule has 0 atom stereocenters. The van der Waals surface area contributed by atoms with E-state index in [0.717, 1.165) is 24.0 Å². The molecule has 0 heterocycles. The van der Waals surface area contributed by atoms with Gasteiger partial charge in [-0.15, -0.1) is 0 Å². The molecule has 2 aromatic rings. The Morgan fingerprint density at radius 1 is 0.786 bits per heavy atom. The van der Waals surface area contributed by atoms with Gasteiger partial charge in [0.25, 0.3) is 0 Å². The van der Waals surface area contributed by atoms with Crippen LogP contribution in [0.2, 0.25) is 0 Å². The van der Waals surface area contributed by atoms with Gasteiger partial charge in [0.05, 0.1) is 0 Å². The van der Waals surface area contributed by atoms with E-state index in [2.05, 4.69) is 59.1 Å². The van der Waals surface area contributed by atoms with Gasteiger partial charge >= 0.3 is 0 Å². The van der Waals surface area contributed by atoms with Crippen LogP contribution in [0.25, 0.3) is 11.1 Å². The van der Waals surface area contributed by atoms with Crippen LogP contribution in [0.3, 0.4) is 0 Å². The molecular formula is C24H30INO2. The van der Waals surface area contributed by atoms with Gasteiger partial charge in [0.2, 0.25) is 5.91 Å². The van der Waals surface area contributed by atoms with Gasteiger partial charge in [0.15, 0.2) is 5.78 Å². The predicted molar refractivity (Wildman–Crippen MR) is 125 cm³/mol. The largest absolute Gasteiger partial charge is 0.356 e. The summed E-state index contributed by atoms with van der Waals surface area (Å²) in [6.07, 6.45) is 7.75. The van der Waals surface area contributed by atoms with E-state index in [4.69, 9.17) is 0 Å². The van der Waals surface area contributed by atoms with Gasteiger partial charge in [0, 0.05) is 28.5 Å². The molecule has 1 amide bonds. The summed E-state index contributed by atoms with van der Waals surface area (Å²) in [6, 6.07) is 15.9. The quantitative estimate of drug-likeness (QED) is 0.212. The normalized spacial score (nSPS) is 10.6. The summed E-state index contributed by atoms with van der Waals surface area (Å²) in [6.45, 7) is 2.92. The molecule has 0 saturated heterocycles. The van der Waals surface area contributed by atoms with Gasteiger partial charge in [0.1, 0.15) is 0 Å². The van der Waals surface area contributed by atoms with Crippen molar-refractivity contribution in [1.82, 2.24) is 5.32 Å². The van der Waals surface area contributed by atoms with E-state index in [0.29, 0.717) is 12.1 Å². The van der Waals surface area contributed by atoms with Gasteiger partial charge in [-0.1, -0.05) is 75.4 Å². The van der Waals surface area contributed by atoms with E-state index in [1.165, 1.54) is 29.3 Å². The molecule has 0 spiro atoms. The highest BCUT2D eigenvalue weighted by Gasteiger charge is 2.09. The Morgan fingerprint density at radius 3 is 2.00 bits per heavy atom. The predicted octanol–water partition coefficient (Wildman–Crippen LogP) is 6.40. The zero-order valence-corrected chi connectivity index (χ0v) is 18.8. The fourth-order valence-corrected chi connectivity index (χ4v) is 3.44. The molecule has 4 heteroatoms. The lowest BCUT2D eigenvalue weighted by atomic mass is 10.0. The van der Waals surface area contributed by atoms with Crippen LogP contribution in [0.1, 0.15) is 68.6 Å². The topological polar surface area (TPSA) is 46.2 Å². The lowest BCUT2D eigenvalue weighted by Crippen LogP contribution is -2.24. The number of halogens is 1. The van der Waals surface area contributed by atoms with E-state index in [9.17, 15) is 9.59 Å². The SMILES string of the molecule is CCCCCCCCNC(=O)CCC(=O)c1ccc(-c2ccc(I)cc2)cc1. The number of unbranched alkanes of at least 4 members (excludes halogenated alkanes) is 5. The Labute approximate surface area is 182 Å². The van der Waals surface area contributed by atoms with Crippen molar-refractivity contribution < 1.29 is 9.59 Å². The van der Waals surface area contributed by atoms with Crippen molar-refractivity contribution in [2.45, 2.75) is 58.3 Å². The number of Topliss-reactive ketones (excluding diaryl/α,β-unsaturated/α-hetero) is 1. The zero-order chi connectivity index (χ0) is 20.2. The van der Waals surface area contributed by atoms with Gasteiger partial charge in [-0.05, 0) is 52.3 Å². The molecule has 0 radical (unpaired) electrons. The summed E-state index contributed by atoms with van der Waals surface area (Å²) in [5.41, 5.74) is 2.89. The number of ketones is 1. The lowest BCUT2D eigenvalue weighted by Gasteiger charge is -2.06. The fourth-order valence-electron chi connectivity index (χ4n) is 3.08. The van der Waals surface area contributed by atoms with Crippen LogP contribution in [0, 0.1) is 3.57 Å². The molecular weight excluding hydrogens is 461 g/mol. The molecule has 0 aromatic heterocycles. The maximum Gasteiger partial charge on any atom is 0.220 e. The first-order valence-corrected chi connectivity index (χ1v) is 11.3. The number of carbonyl (C=O) groups is 2. The summed E-state index contributed by atoms with van der Waals surface area (Å²) in [7, 11) is 0. The lowest BCUT2D eigenvalue weighted by molar-refractivity contribution is -0.121. The molecule has 0 unspecified atom stereocenters. The molecule has 3 nitrogen and oxygen atoms in total. The fraction of sp³-hybridized carbons (Fsp3) is 0.417. The number of benzene rings is 2. The van der Waals surface area contributed by atoms with Crippen LogP contribution in [0.4, 0.5) is 0 Å². The van der Waals surface area contributed by atoms with Crippen LogP contribution < -0.4 is 5.32 Å². The van der Waals surface area contributed by atoms with Crippen LogP contribution in [0.15, 0.2) is 48.5 Å². The number of amides is 1. The second-order valence-corrected chi connectivity index (χ2v) is 8.37. The molecule has 150 valence electrons. The van der Waals surface area contributed by atoms with Crippen LogP contribution in [-0.4, -0.2) is 18.2 Å². The Bertz CT molecular complexity index is 738. The first kappa shape index (κ1) is 22.6. The molecule has 0 aliphatic rings. The summed E-state index contributed by atoms with van der Waals surface area (Å²) in [5, 5.41) is 2.92. The third kappa shape index (κ3) is 8.13. The van der Waals surface area contributed by atoms with Crippen LogP contribution >= 0.6 is 22.6 Å². The maximum absolute atomic E-state index is 12.3. The van der Waals surface area contributed by atoms with Gasteiger partial charge in [-0.3, -0.25) is 9.59 Å². The van der Waals surface area contributed by atoms with Crippen LogP contribution in [-0.2, 0) is 4.79 Å². The van der Waals surface area contributed by atoms with Crippen LogP contribution in [0.5, 0.6) is 0 Å². The molecule has 2 aromatic carbocycles. The maximum atomic E-state index is 12.3. The third-order valence-electron chi connectivity index (χ3n) is 4.82. The highest BCUT2D eigenvalue weighted by molar-refractivity contribution is 14.1. The second-order valence-electron chi connectivity index (χ2n) is 7.13. The first-order chi connectivity index (χ1) is 13.6. The monoisotopic (exact) mass is 491 g/mol. The van der Waals surface area contributed by atoms with Gasteiger partial charge in [-0.2, -0.15) is 0 Å². The Hall–Kier alpha value is -1.69. The molecule has 0 aliphatic heterocycles. The zero-order valence-electron chi connectivity index (χ0n) is 16.7. The van der Waals surface area contributed by atoms with Crippen molar-refractivity contribution in [2.24, 2.45) is 0 Å². The van der Waals surface area contributed by atoms with Crippen molar-refractivity contribution in [3.8, 4) is 11.1 Å². The molecule has 0 saturated carbocycles. The Kier molecular flexibility index (Phi) is 10.3. The number of rotatable bonds is 12. The number of hydrogen-bond donors (Lipinski definition) is 1. The highest BCUT2D eigenvalue weighted by Crippen LogP contribution is 2.21. The summed E-state index contributed by atoms with van der Waals surface area (Å²) in [4.78, 5) is 24.3. The number of hydrogen-bond acceptors (Lipinski definition) is 2. The summed E-state index contributed by atoms with van der Waals surface area (Å²) < 4.78 is 1.20. The molecule has 0 aliphatic carbocycles.